The number of methoxy groups -OCH3 is 1. The Morgan fingerprint density at radius 3 is 2.54 bits per heavy atom. The second kappa shape index (κ2) is 5.99. The minimum absolute atomic E-state index is 0.113. The number of allylic oxidation sites excluding steroid dienone is 1. The van der Waals surface area contributed by atoms with Gasteiger partial charge in [0.15, 0.2) is 0 Å². The van der Waals surface area contributed by atoms with Crippen molar-refractivity contribution in [2.45, 2.75) is 31.0 Å². The van der Waals surface area contributed by atoms with E-state index in [0.717, 1.165) is 29.9 Å². The third kappa shape index (κ3) is 2.59. The van der Waals surface area contributed by atoms with Crippen LogP contribution in [0.15, 0.2) is 60.7 Å². The molecule has 124 valence electrons. The fourth-order valence-corrected chi connectivity index (χ4v) is 3.99. The van der Waals surface area contributed by atoms with E-state index in [1.807, 2.05) is 30.3 Å². The summed E-state index contributed by atoms with van der Waals surface area (Å²) in [4.78, 5) is 0. The Morgan fingerprint density at radius 2 is 1.83 bits per heavy atom. The summed E-state index contributed by atoms with van der Waals surface area (Å²) in [5, 5.41) is 11.1. The molecule has 3 heteroatoms. The zero-order valence-corrected chi connectivity index (χ0v) is 13.8. The van der Waals surface area contributed by atoms with Gasteiger partial charge in [-0.1, -0.05) is 30.3 Å². The first-order valence-electron chi connectivity index (χ1n) is 8.52. The fourth-order valence-electron chi connectivity index (χ4n) is 3.99. The number of rotatable bonds is 3. The van der Waals surface area contributed by atoms with E-state index in [1.54, 1.807) is 7.11 Å². The van der Waals surface area contributed by atoms with E-state index < -0.39 is 5.79 Å². The predicted molar refractivity (Wildman–Crippen MR) is 93.5 cm³/mol. The number of aliphatic hydroxyl groups is 1. The molecule has 1 heterocycles. The number of hydrogen-bond donors (Lipinski definition) is 1. The van der Waals surface area contributed by atoms with Gasteiger partial charge >= 0.3 is 0 Å². The summed E-state index contributed by atoms with van der Waals surface area (Å²) >= 11 is 0. The molecule has 3 atom stereocenters. The molecule has 24 heavy (non-hydrogen) atoms. The van der Waals surface area contributed by atoms with E-state index in [0.29, 0.717) is 6.42 Å². The summed E-state index contributed by atoms with van der Waals surface area (Å²) < 4.78 is 11.3. The first kappa shape index (κ1) is 15.3. The summed E-state index contributed by atoms with van der Waals surface area (Å²) in [6, 6.07) is 18.2. The van der Waals surface area contributed by atoms with Gasteiger partial charge in [0.2, 0.25) is 5.79 Å². The minimum Gasteiger partial charge on any atom is -0.497 e. The van der Waals surface area contributed by atoms with E-state index in [4.69, 9.17) is 9.47 Å². The van der Waals surface area contributed by atoms with Gasteiger partial charge in [0.1, 0.15) is 11.5 Å². The molecule has 4 rings (SSSR count). The first-order valence-corrected chi connectivity index (χ1v) is 8.52. The fraction of sp³-hybridized carbons (Fsp3) is 0.333. The van der Waals surface area contributed by atoms with Crippen molar-refractivity contribution in [3.8, 4) is 5.75 Å². The largest absolute Gasteiger partial charge is 0.497 e. The van der Waals surface area contributed by atoms with Crippen LogP contribution in [-0.4, -0.2) is 18.0 Å². The van der Waals surface area contributed by atoms with Crippen LogP contribution in [-0.2, 0) is 4.74 Å². The third-order valence-corrected chi connectivity index (χ3v) is 5.24. The molecule has 1 aliphatic carbocycles. The molecule has 0 spiro atoms. The smallest absolute Gasteiger partial charge is 0.211 e. The maximum Gasteiger partial charge on any atom is 0.211 e. The van der Waals surface area contributed by atoms with Crippen molar-refractivity contribution in [2.75, 3.05) is 7.11 Å². The van der Waals surface area contributed by atoms with Gasteiger partial charge in [-0.05, 0) is 48.7 Å². The lowest BCUT2D eigenvalue weighted by Crippen LogP contribution is -2.41. The lowest BCUT2D eigenvalue weighted by Gasteiger charge is -2.40. The molecule has 3 nitrogen and oxygen atoms in total. The van der Waals surface area contributed by atoms with Crippen molar-refractivity contribution in [3.05, 3.63) is 71.8 Å². The van der Waals surface area contributed by atoms with Crippen molar-refractivity contribution in [3.63, 3.8) is 0 Å². The van der Waals surface area contributed by atoms with Crippen molar-refractivity contribution in [1.82, 2.24) is 0 Å². The number of ether oxygens (including phenoxy) is 2. The number of benzene rings is 2. The van der Waals surface area contributed by atoms with Gasteiger partial charge in [0.25, 0.3) is 0 Å². The molecule has 0 saturated heterocycles. The molecule has 1 saturated carbocycles. The molecule has 1 fully saturated rings. The van der Waals surface area contributed by atoms with Gasteiger partial charge in [-0.2, -0.15) is 0 Å². The Bertz CT molecular complexity index is 735. The molecule has 0 bridgehead atoms. The zero-order chi connectivity index (χ0) is 16.6. The van der Waals surface area contributed by atoms with Crippen LogP contribution in [0, 0.1) is 5.92 Å². The van der Waals surface area contributed by atoms with E-state index in [9.17, 15) is 5.11 Å². The predicted octanol–water partition coefficient (Wildman–Crippen LogP) is 4.34. The van der Waals surface area contributed by atoms with Gasteiger partial charge in [-0.25, -0.2) is 0 Å². The Balaban J connectivity index is 1.75. The summed E-state index contributed by atoms with van der Waals surface area (Å²) in [7, 11) is 1.66. The molecule has 0 unspecified atom stereocenters. The lowest BCUT2D eigenvalue weighted by molar-refractivity contribution is -0.190. The van der Waals surface area contributed by atoms with Crippen LogP contribution in [0.3, 0.4) is 0 Å². The zero-order valence-electron chi connectivity index (χ0n) is 13.8. The number of fused-ring (bicyclic) bond motifs is 1. The Kier molecular flexibility index (Phi) is 3.81. The van der Waals surface area contributed by atoms with Crippen molar-refractivity contribution < 1.29 is 14.6 Å². The van der Waals surface area contributed by atoms with E-state index in [2.05, 4.69) is 30.3 Å². The summed E-state index contributed by atoms with van der Waals surface area (Å²) in [6.07, 6.45) is 4.84. The SMILES string of the molecule is COc1ccc(C2=C[C@@H](c3ccccc3)[C@H]3CCC[C@]3(O)O2)cc1. The second-order valence-corrected chi connectivity index (χ2v) is 6.64. The van der Waals surface area contributed by atoms with Gasteiger partial charge in [-0.3, -0.25) is 0 Å². The van der Waals surface area contributed by atoms with Crippen LogP contribution in [0.25, 0.3) is 5.76 Å². The minimum atomic E-state index is -1.06. The van der Waals surface area contributed by atoms with E-state index in [-0.39, 0.29) is 11.8 Å². The van der Waals surface area contributed by atoms with Gasteiger partial charge < -0.3 is 14.6 Å². The van der Waals surface area contributed by atoms with Crippen LogP contribution in [0.5, 0.6) is 5.75 Å². The summed E-state index contributed by atoms with van der Waals surface area (Å²) in [5.41, 5.74) is 2.20. The Hall–Kier alpha value is -2.26. The quantitative estimate of drug-likeness (QED) is 0.913. The van der Waals surface area contributed by atoms with Crippen molar-refractivity contribution in [2.24, 2.45) is 5.92 Å². The molecule has 2 aromatic rings. The van der Waals surface area contributed by atoms with Crippen molar-refractivity contribution in [1.29, 1.82) is 0 Å². The standard InChI is InChI=1S/C21H22O3/c1-23-17-11-9-16(10-12-17)20-14-18(15-6-3-2-4-7-15)19-8-5-13-21(19,22)24-20/h2-4,6-7,9-12,14,18-19,22H,5,8,13H2,1H3/t18-,19+,21-/m0/s1. The molecule has 0 radical (unpaired) electrons. The van der Waals surface area contributed by atoms with E-state index in [1.165, 1.54) is 5.56 Å². The summed E-state index contributed by atoms with van der Waals surface area (Å²) in [6.45, 7) is 0. The van der Waals surface area contributed by atoms with E-state index >= 15 is 0 Å². The number of hydrogen-bond acceptors (Lipinski definition) is 3. The highest BCUT2D eigenvalue weighted by Gasteiger charge is 2.50. The van der Waals surface area contributed by atoms with Crippen LogP contribution in [0.1, 0.15) is 36.3 Å². The lowest BCUT2D eigenvalue weighted by atomic mass is 9.79. The van der Waals surface area contributed by atoms with Crippen LogP contribution in [0.4, 0.5) is 0 Å². The highest BCUT2D eigenvalue weighted by atomic mass is 16.6. The normalized spacial score (nSPS) is 28.7. The van der Waals surface area contributed by atoms with Crippen LogP contribution >= 0.6 is 0 Å². The van der Waals surface area contributed by atoms with Gasteiger partial charge in [-0.15, -0.1) is 0 Å². The average Bonchev–Trinajstić information content (AvgIpc) is 3.03. The van der Waals surface area contributed by atoms with Gasteiger partial charge in [0.05, 0.1) is 7.11 Å². The third-order valence-electron chi connectivity index (χ3n) is 5.24. The van der Waals surface area contributed by atoms with Crippen molar-refractivity contribution >= 4 is 5.76 Å². The van der Waals surface area contributed by atoms with Crippen LogP contribution in [0.2, 0.25) is 0 Å². The molecular weight excluding hydrogens is 300 g/mol. The second-order valence-electron chi connectivity index (χ2n) is 6.64. The Labute approximate surface area is 142 Å². The highest BCUT2D eigenvalue weighted by molar-refractivity contribution is 5.63. The average molecular weight is 322 g/mol. The molecule has 2 aliphatic rings. The molecule has 2 aromatic carbocycles. The molecular formula is C21H22O3. The topological polar surface area (TPSA) is 38.7 Å². The summed E-state index contributed by atoms with van der Waals surface area (Å²) in [5.74, 6) is 0.788. The molecule has 1 N–H and O–H groups in total. The molecule has 0 aromatic heterocycles. The molecule has 1 aliphatic heterocycles. The first-order chi connectivity index (χ1) is 11.7. The van der Waals surface area contributed by atoms with Crippen LogP contribution < -0.4 is 4.74 Å². The highest BCUT2D eigenvalue weighted by Crippen LogP contribution is 2.51. The maximum atomic E-state index is 11.1. The maximum absolute atomic E-state index is 11.1. The monoisotopic (exact) mass is 322 g/mol. The molecule has 0 amide bonds. The Morgan fingerprint density at radius 1 is 1.08 bits per heavy atom. The van der Waals surface area contributed by atoms with Gasteiger partial charge in [0, 0.05) is 23.8 Å².